The zero-order valence-corrected chi connectivity index (χ0v) is 14.4. The average Bonchev–Trinajstić information content (AvgIpc) is 3.20. The molecule has 1 N–H and O–H groups in total. The summed E-state index contributed by atoms with van der Waals surface area (Å²) < 4.78 is 15.8. The number of imide groups is 1. The lowest BCUT2D eigenvalue weighted by Gasteiger charge is -2.22. The number of carbonyl (C=O) groups is 2. The smallest absolute Gasteiger partial charge is 0.325 e. The summed E-state index contributed by atoms with van der Waals surface area (Å²) in [7, 11) is 1.58. The van der Waals surface area contributed by atoms with Crippen LogP contribution in [0.2, 0.25) is 0 Å². The van der Waals surface area contributed by atoms with Gasteiger partial charge in [0.2, 0.25) is 6.79 Å². The Kier molecular flexibility index (Phi) is 3.72. The van der Waals surface area contributed by atoms with Gasteiger partial charge in [0.15, 0.2) is 11.5 Å². The van der Waals surface area contributed by atoms with Crippen molar-refractivity contribution in [3.05, 3.63) is 53.6 Å². The van der Waals surface area contributed by atoms with E-state index in [1.54, 1.807) is 50.4 Å². The predicted molar refractivity (Wildman–Crippen MR) is 92.0 cm³/mol. The molecule has 1 unspecified atom stereocenters. The molecule has 7 nitrogen and oxygen atoms in total. The van der Waals surface area contributed by atoms with Gasteiger partial charge in [-0.2, -0.15) is 0 Å². The highest BCUT2D eigenvalue weighted by molar-refractivity contribution is 6.07. The van der Waals surface area contributed by atoms with E-state index in [-0.39, 0.29) is 19.2 Å². The van der Waals surface area contributed by atoms with Crippen LogP contribution in [0.25, 0.3) is 0 Å². The van der Waals surface area contributed by atoms with Crippen molar-refractivity contribution in [3.8, 4) is 17.2 Å². The molecule has 134 valence electrons. The van der Waals surface area contributed by atoms with E-state index < -0.39 is 11.6 Å². The second-order valence-electron chi connectivity index (χ2n) is 6.36. The van der Waals surface area contributed by atoms with Crippen molar-refractivity contribution in [2.24, 2.45) is 0 Å². The normalized spacial score (nSPS) is 21.1. The Morgan fingerprint density at radius 1 is 1.12 bits per heavy atom. The molecule has 0 aliphatic carbocycles. The van der Waals surface area contributed by atoms with Crippen LogP contribution in [0.1, 0.15) is 18.1 Å². The Morgan fingerprint density at radius 3 is 2.58 bits per heavy atom. The number of hydrogen-bond donors (Lipinski definition) is 1. The number of methoxy groups -OCH3 is 1. The minimum atomic E-state index is -1.11. The van der Waals surface area contributed by atoms with Crippen molar-refractivity contribution >= 4 is 11.9 Å². The molecule has 1 atom stereocenters. The van der Waals surface area contributed by atoms with Crippen molar-refractivity contribution in [1.82, 2.24) is 10.2 Å². The monoisotopic (exact) mass is 354 g/mol. The van der Waals surface area contributed by atoms with E-state index in [1.807, 2.05) is 6.07 Å². The van der Waals surface area contributed by atoms with Crippen molar-refractivity contribution in [2.45, 2.75) is 19.0 Å². The van der Waals surface area contributed by atoms with Gasteiger partial charge in [-0.15, -0.1) is 0 Å². The topological polar surface area (TPSA) is 77.1 Å². The molecule has 0 saturated carbocycles. The fraction of sp³-hybridized carbons (Fsp3) is 0.263. The number of ether oxygens (including phenoxy) is 3. The lowest BCUT2D eigenvalue weighted by molar-refractivity contribution is -0.131. The molecule has 2 aliphatic rings. The molecule has 3 amide bonds. The number of hydrogen-bond acceptors (Lipinski definition) is 5. The van der Waals surface area contributed by atoms with Gasteiger partial charge in [-0.05, 0) is 42.3 Å². The molecule has 0 aromatic heterocycles. The highest BCUT2D eigenvalue weighted by atomic mass is 16.7. The Balaban J connectivity index is 1.58. The van der Waals surface area contributed by atoms with E-state index in [0.29, 0.717) is 22.8 Å². The summed E-state index contributed by atoms with van der Waals surface area (Å²) in [5.41, 5.74) is 0.376. The third-order valence-corrected chi connectivity index (χ3v) is 4.72. The fourth-order valence-corrected chi connectivity index (χ4v) is 3.18. The van der Waals surface area contributed by atoms with Gasteiger partial charge in [0.05, 0.1) is 13.7 Å². The Bertz CT molecular complexity index is 880. The molecule has 26 heavy (non-hydrogen) atoms. The first-order valence-corrected chi connectivity index (χ1v) is 8.18. The molecular weight excluding hydrogens is 336 g/mol. The lowest BCUT2D eigenvalue weighted by Crippen LogP contribution is -2.40. The van der Waals surface area contributed by atoms with Crippen LogP contribution in [0.5, 0.6) is 17.2 Å². The summed E-state index contributed by atoms with van der Waals surface area (Å²) in [4.78, 5) is 26.6. The third kappa shape index (κ3) is 2.52. The standard InChI is InChI=1S/C19H18N2O5/c1-19(13-4-6-14(24-2)7-5-13)17(22)21(18(23)20-19)10-12-3-8-15-16(9-12)26-11-25-15/h3-9H,10-11H2,1-2H3,(H,20,23). The first-order chi connectivity index (χ1) is 12.5. The molecule has 2 aromatic rings. The number of rotatable bonds is 4. The van der Waals surface area contributed by atoms with E-state index in [4.69, 9.17) is 14.2 Å². The van der Waals surface area contributed by atoms with Gasteiger partial charge in [-0.1, -0.05) is 18.2 Å². The summed E-state index contributed by atoms with van der Waals surface area (Å²) in [6, 6.07) is 12.0. The maximum absolute atomic E-state index is 13.0. The zero-order chi connectivity index (χ0) is 18.3. The van der Waals surface area contributed by atoms with Crippen molar-refractivity contribution in [2.75, 3.05) is 13.9 Å². The largest absolute Gasteiger partial charge is 0.497 e. The first-order valence-electron chi connectivity index (χ1n) is 8.18. The third-order valence-electron chi connectivity index (χ3n) is 4.72. The first kappa shape index (κ1) is 16.3. The molecule has 0 spiro atoms. The number of nitrogens with zero attached hydrogens (tertiary/aromatic N) is 1. The minimum Gasteiger partial charge on any atom is -0.497 e. The maximum atomic E-state index is 13.0. The van der Waals surface area contributed by atoms with Crippen LogP contribution in [-0.2, 0) is 16.9 Å². The van der Waals surface area contributed by atoms with Crippen LogP contribution in [0, 0.1) is 0 Å². The van der Waals surface area contributed by atoms with Crippen LogP contribution in [0.3, 0.4) is 0 Å². The van der Waals surface area contributed by atoms with Gasteiger partial charge in [-0.3, -0.25) is 9.69 Å². The Hall–Kier alpha value is -3.22. The van der Waals surface area contributed by atoms with E-state index >= 15 is 0 Å². The molecule has 2 aliphatic heterocycles. The van der Waals surface area contributed by atoms with Crippen LogP contribution in [0.4, 0.5) is 4.79 Å². The summed E-state index contributed by atoms with van der Waals surface area (Å²) in [5.74, 6) is 1.66. The summed E-state index contributed by atoms with van der Waals surface area (Å²) in [6.45, 7) is 2.04. The van der Waals surface area contributed by atoms with Crippen LogP contribution in [-0.4, -0.2) is 30.7 Å². The Labute approximate surface area is 150 Å². The highest BCUT2D eigenvalue weighted by Gasteiger charge is 2.48. The SMILES string of the molecule is COc1ccc(C2(C)NC(=O)N(Cc3ccc4c(c3)OCO4)C2=O)cc1. The van der Waals surface area contributed by atoms with Crippen molar-refractivity contribution in [1.29, 1.82) is 0 Å². The van der Waals surface area contributed by atoms with Crippen LogP contribution in [0.15, 0.2) is 42.5 Å². The van der Waals surface area contributed by atoms with E-state index in [9.17, 15) is 9.59 Å². The quantitative estimate of drug-likeness (QED) is 0.853. The van der Waals surface area contributed by atoms with Gasteiger partial charge in [0.25, 0.3) is 5.91 Å². The van der Waals surface area contributed by atoms with Gasteiger partial charge in [0.1, 0.15) is 11.3 Å². The molecule has 1 saturated heterocycles. The van der Waals surface area contributed by atoms with E-state index in [2.05, 4.69) is 5.32 Å². The average molecular weight is 354 g/mol. The van der Waals surface area contributed by atoms with Crippen LogP contribution < -0.4 is 19.5 Å². The van der Waals surface area contributed by atoms with Crippen molar-refractivity contribution < 1.29 is 23.8 Å². The molecule has 0 bridgehead atoms. The van der Waals surface area contributed by atoms with Gasteiger partial charge in [0, 0.05) is 0 Å². The minimum absolute atomic E-state index is 0.160. The Morgan fingerprint density at radius 2 is 1.85 bits per heavy atom. The number of carbonyl (C=O) groups excluding carboxylic acids is 2. The maximum Gasteiger partial charge on any atom is 0.325 e. The molecular formula is C19H18N2O5. The van der Waals surface area contributed by atoms with E-state index in [1.165, 1.54) is 4.90 Å². The fourth-order valence-electron chi connectivity index (χ4n) is 3.18. The molecule has 0 radical (unpaired) electrons. The summed E-state index contributed by atoms with van der Waals surface area (Å²) in [5, 5.41) is 2.80. The molecule has 4 rings (SSSR count). The molecule has 7 heteroatoms. The lowest BCUT2D eigenvalue weighted by atomic mass is 9.92. The van der Waals surface area contributed by atoms with Crippen LogP contribution >= 0.6 is 0 Å². The number of urea groups is 1. The van der Waals surface area contributed by atoms with E-state index in [0.717, 1.165) is 5.56 Å². The molecule has 1 fully saturated rings. The van der Waals surface area contributed by atoms with Gasteiger partial charge in [-0.25, -0.2) is 4.79 Å². The predicted octanol–water partition coefficient (Wildman–Crippen LogP) is 2.39. The van der Waals surface area contributed by atoms with Gasteiger partial charge < -0.3 is 19.5 Å². The van der Waals surface area contributed by atoms with Gasteiger partial charge >= 0.3 is 6.03 Å². The second kappa shape index (κ2) is 5.94. The summed E-state index contributed by atoms with van der Waals surface area (Å²) in [6.07, 6.45) is 0. The summed E-state index contributed by atoms with van der Waals surface area (Å²) >= 11 is 0. The number of fused-ring (bicyclic) bond motifs is 1. The number of amides is 3. The van der Waals surface area contributed by atoms with Crippen molar-refractivity contribution in [3.63, 3.8) is 0 Å². The zero-order valence-electron chi connectivity index (χ0n) is 14.4. The molecule has 2 heterocycles. The second-order valence-corrected chi connectivity index (χ2v) is 6.36. The molecule has 2 aromatic carbocycles. The number of benzene rings is 2. The highest BCUT2D eigenvalue weighted by Crippen LogP contribution is 2.34. The number of nitrogens with one attached hydrogen (secondary N) is 1.